The van der Waals surface area contributed by atoms with Crippen LogP contribution in [0, 0.1) is 138 Å². The first-order valence-electron chi connectivity index (χ1n) is 58.8. The highest BCUT2D eigenvalue weighted by molar-refractivity contribution is 5.92. The highest BCUT2D eigenvalue weighted by Gasteiger charge is 2.64. The molecule has 0 aromatic rings. The molecule has 0 heterocycles. The Balaban J connectivity index is 0.000000186. The summed E-state index contributed by atoms with van der Waals surface area (Å²) in [5, 5.41) is 0. The Labute approximate surface area is 870 Å². The molecule has 144 heavy (non-hydrogen) atoms. The van der Waals surface area contributed by atoms with Crippen molar-refractivity contribution in [2.24, 2.45) is 138 Å². The Hall–Kier alpha value is -5.96. The van der Waals surface area contributed by atoms with Gasteiger partial charge in [0.1, 0.15) is 47.2 Å². The molecule has 22 nitrogen and oxygen atoms in total. The van der Waals surface area contributed by atoms with Crippen molar-refractivity contribution in [2.45, 2.75) is 522 Å². The predicted octanol–water partition coefficient (Wildman–Crippen LogP) is 27.9. The lowest BCUT2D eigenvalue weighted by Gasteiger charge is -2.63. The van der Waals surface area contributed by atoms with Gasteiger partial charge in [-0.3, -0.25) is 38.4 Å². The van der Waals surface area contributed by atoms with E-state index < -0.39 is 61.2 Å². The molecule has 0 aromatic heterocycles. The SMILES string of the molecule is CCC(C)(C)C(=O)OCC(=O)OC(C)(C1CCCCC1)C1CCCCC1.CCC(C)(C)C(=O)OCC(=O)OC(C)(CC)C12CC3CC(CC(C3)C1)C2.CCC(C)(C)C(=O)OCC(=O)OC(CC)(C1CCCCC1)C1CCCCC1.CCC(C)(C)C(=O)OCC(=O)OC(CC)(CC)C12CC3CC(CC(C3)C1)C2.CCC(C)(C)C(=O)OCCOC(=O)C1CCCCC1C(=O)CCC(=O)C(C)(C)C12CC3CC(CC(C3)C1)C2. The van der Waals surface area contributed by atoms with Crippen LogP contribution in [-0.2, 0) is 105 Å². The van der Waals surface area contributed by atoms with Crippen LogP contribution in [-0.4, -0.2) is 133 Å². The zero-order valence-electron chi connectivity index (χ0n) is 94.9. The fourth-order valence-electron chi connectivity index (χ4n) is 30.7. The van der Waals surface area contributed by atoms with E-state index in [1.807, 2.05) is 104 Å². The molecule has 3 unspecified atom stereocenters. The third-order valence-electron chi connectivity index (χ3n) is 41.4. The zero-order chi connectivity index (χ0) is 106. The average Bonchev–Trinajstić information content (AvgIpc) is 0.729. The van der Waals surface area contributed by atoms with Crippen LogP contribution in [0.25, 0.3) is 0 Å². The fourth-order valence-corrected chi connectivity index (χ4v) is 30.7. The molecule has 0 amide bonds. The third kappa shape index (κ3) is 29.1. The van der Waals surface area contributed by atoms with Crippen LogP contribution in [0.1, 0.15) is 500 Å². The summed E-state index contributed by atoms with van der Waals surface area (Å²) in [6, 6.07) is 0. The van der Waals surface area contributed by atoms with E-state index in [2.05, 4.69) is 55.4 Å². The van der Waals surface area contributed by atoms with E-state index in [9.17, 15) is 57.5 Å². The Morgan fingerprint density at radius 3 is 0.854 bits per heavy atom. The van der Waals surface area contributed by atoms with Gasteiger partial charge in [-0.2, -0.15) is 0 Å². The molecule has 17 fully saturated rings. The van der Waals surface area contributed by atoms with Crippen molar-refractivity contribution >= 4 is 71.3 Å². The predicted molar refractivity (Wildman–Crippen MR) is 561 cm³/mol. The van der Waals surface area contributed by atoms with Crippen LogP contribution >= 0.6 is 0 Å². The van der Waals surface area contributed by atoms with Gasteiger partial charge in [-0.15, -0.1) is 0 Å². The number of carbonyl (C=O) groups is 12. The summed E-state index contributed by atoms with van der Waals surface area (Å²) in [7, 11) is 0. The van der Waals surface area contributed by atoms with E-state index in [0.717, 1.165) is 143 Å². The maximum Gasteiger partial charge on any atom is 0.344 e. The molecule has 17 aliphatic rings. The summed E-state index contributed by atoms with van der Waals surface area (Å²) in [6.07, 6.45) is 57.5. The first-order valence-corrected chi connectivity index (χ1v) is 58.8. The highest BCUT2D eigenvalue weighted by atomic mass is 16.6. The maximum absolute atomic E-state index is 13.6. The molecular weight excluding hydrogens is 1820 g/mol. The number of hydrogen-bond donors (Lipinski definition) is 0. The van der Waals surface area contributed by atoms with E-state index >= 15 is 0 Å². The number of ketones is 2. The van der Waals surface area contributed by atoms with Crippen molar-refractivity contribution in [2.75, 3.05) is 39.6 Å². The van der Waals surface area contributed by atoms with Crippen LogP contribution in [0.3, 0.4) is 0 Å². The molecule has 22 heteroatoms. The van der Waals surface area contributed by atoms with E-state index in [1.54, 1.807) is 0 Å². The van der Waals surface area contributed by atoms with Crippen LogP contribution < -0.4 is 0 Å². The molecule has 0 N–H and O–H groups in total. The van der Waals surface area contributed by atoms with Crippen molar-refractivity contribution in [1.82, 2.24) is 0 Å². The zero-order valence-corrected chi connectivity index (χ0v) is 94.9. The summed E-state index contributed by atoms with van der Waals surface area (Å²) in [6.45, 7) is 44.2. The lowest BCUT2D eigenvalue weighted by Crippen LogP contribution is -2.59. The minimum Gasteiger partial charge on any atom is -0.462 e. The second-order valence-corrected chi connectivity index (χ2v) is 52.9. The molecular formula is C122H202O22. The number of ether oxygens (including phenoxy) is 10. The third-order valence-corrected chi connectivity index (χ3v) is 41.4. The van der Waals surface area contributed by atoms with Gasteiger partial charge >= 0.3 is 59.7 Å². The highest BCUT2D eigenvalue weighted by Crippen LogP contribution is 2.69. The van der Waals surface area contributed by atoms with Gasteiger partial charge in [0, 0.05) is 35.0 Å². The normalized spacial score (nSPS) is 28.5. The topological polar surface area (TPSA) is 297 Å². The summed E-state index contributed by atoms with van der Waals surface area (Å²) < 4.78 is 56.4. The average molecular weight is 2020 g/mol. The molecule has 0 radical (unpaired) electrons. The second-order valence-electron chi connectivity index (χ2n) is 52.9. The van der Waals surface area contributed by atoms with E-state index in [1.165, 1.54) is 193 Å². The van der Waals surface area contributed by atoms with Gasteiger partial charge in [0.25, 0.3) is 0 Å². The van der Waals surface area contributed by atoms with Gasteiger partial charge in [0.05, 0.1) is 33.0 Å². The van der Waals surface area contributed by atoms with Gasteiger partial charge in [0.15, 0.2) is 26.4 Å². The van der Waals surface area contributed by atoms with Crippen molar-refractivity contribution in [3.63, 3.8) is 0 Å². The number of hydrogen-bond acceptors (Lipinski definition) is 22. The Bertz CT molecular complexity index is 4080. The van der Waals surface area contributed by atoms with Crippen molar-refractivity contribution < 1.29 is 105 Å². The molecule has 17 rings (SSSR count). The van der Waals surface area contributed by atoms with E-state index in [0.29, 0.717) is 68.6 Å². The van der Waals surface area contributed by atoms with Gasteiger partial charge in [-0.05, 0) is 403 Å². The maximum atomic E-state index is 13.6. The standard InChI is InChI=1S/C32H50O6.C23H38O4.C23H40O4.C22H36O4.C22H38O4/c1-6-30(2,3)29(36)38-14-13-37-28(35)25-10-8-7-9-24(25)26(33)11-12-27(34)31(4,5)32-18-21-15-22(19-32)17-23(16-21)20-32;1-6-21(4,5)20(25)26-15-19(24)27-23(7-2,8-3)22-12-16-9-17(13-22)11-18(10-16)14-22;1-5-22(3,4)21(25)26-17-20(24)27-23(6-2,18-13-9-7-10-14-18)19-15-11-8-12-16-19;1-6-20(3,4)19(24)25-14-18(23)26-21(5,7-2)22-11-15-8-16(12-22)10-17(9-15)13-22;1-5-21(2,3)20(24)25-16-19(23)26-22(4,17-12-8-6-9-13-17)18-14-10-7-11-15-18/h21-25H,6-20H2,1-5H3;16-18H,6-15H2,1-5H3;18-19H,5-17H2,1-4H3;15-17H,6-14H2,1-5H3;17-18H,5-16H2,1-4H3. The number of esters is 10. The summed E-state index contributed by atoms with van der Waals surface area (Å²) in [5.41, 5.74) is -4.49. The van der Waals surface area contributed by atoms with Gasteiger partial charge in [-0.1, -0.05) is 166 Å². The van der Waals surface area contributed by atoms with Crippen molar-refractivity contribution in [3.8, 4) is 0 Å². The second kappa shape index (κ2) is 51.4. The monoisotopic (exact) mass is 2020 g/mol. The number of carbonyl (C=O) groups excluding carboxylic acids is 12. The van der Waals surface area contributed by atoms with E-state index in [-0.39, 0.29) is 146 Å². The summed E-state index contributed by atoms with van der Waals surface area (Å²) in [4.78, 5) is 151. The largest absolute Gasteiger partial charge is 0.462 e. The number of Topliss-reactive ketones (excluding diaryl/α,β-unsaturated/α-hetero) is 2. The van der Waals surface area contributed by atoms with Gasteiger partial charge in [-0.25, -0.2) is 19.2 Å². The van der Waals surface area contributed by atoms with Crippen LogP contribution in [0.2, 0.25) is 0 Å². The molecule has 0 saturated heterocycles. The number of rotatable bonds is 42. The van der Waals surface area contributed by atoms with Crippen LogP contribution in [0.15, 0.2) is 0 Å². The quantitative estimate of drug-likeness (QED) is 0.0311. The molecule has 822 valence electrons. The lowest BCUT2D eigenvalue weighted by atomic mass is 9.42. The first-order chi connectivity index (χ1) is 67.8. The first kappa shape index (κ1) is 120. The molecule has 0 aliphatic heterocycles. The minimum atomic E-state index is -0.563. The van der Waals surface area contributed by atoms with Crippen LogP contribution in [0.4, 0.5) is 0 Å². The molecule has 0 spiro atoms. The smallest absolute Gasteiger partial charge is 0.344 e. The fraction of sp³-hybridized carbons (Fsp3) is 0.902. The Morgan fingerprint density at radius 1 is 0.257 bits per heavy atom. The Kier molecular flexibility index (Phi) is 42.8. The minimum absolute atomic E-state index is 0.000478. The van der Waals surface area contributed by atoms with Gasteiger partial charge < -0.3 is 47.4 Å². The van der Waals surface area contributed by atoms with Gasteiger partial charge in [0.2, 0.25) is 0 Å². The lowest BCUT2D eigenvalue weighted by molar-refractivity contribution is -0.215. The molecule has 0 aromatic carbocycles. The molecule has 3 atom stereocenters. The van der Waals surface area contributed by atoms with Crippen molar-refractivity contribution in [1.29, 1.82) is 0 Å². The molecule has 17 saturated carbocycles. The van der Waals surface area contributed by atoms with Crippen molar-refractivity contribution in [3.05, 3.63) is 0 Å². The molecule has 17 aliphatic carbocycles. The van der Waals surface area contributed by atoms with E-state index in [4.69, 9.17) is 47.4 Å². The summed E-state index contributed by atoms with van der Waals surface area (Å²) in [5.74, 6) is 4.90. The molecule has 12 bridgehead atoms. The summed E-state index contributed by atoms with van der Waals surface area (Å²) >= 11 is 0. The Morgan fingerprint density at radius 2 is 0.535 bits per heavy atom. The van der Waals surface area contributed by atoms with Crippen LogP contribution in [0.5, 0.6) is 0 Å².